The van der Waals surface area contributed by atoms with Crippen molar-refractivity contribution in [2.75, 3.05) is 9.80 Å². The largest absolute Gasteiger partial charge is 0.294 e. The zero-order valence-electron chi connectivity index (χ0n) is 30.1. The van der Waals surface area contributed by atoms with Crippen LogP contribution in [-0.2, 0) is 0 Å². The Morgan fingerprint density at radius 3 is 1.62 bits per heavy atom. The molecule has 0 amide bonds. The molecule has 254 valence electrons. The van der Waals surface area contributed by atoms with Crippen molar-refractivity contribution in [2.45, 2.75) is 33.2 Å². The van der Waals surface area contributed by atoms with Gasteiger partial charge in [-0.15, -0.1) is 0 Å². The van der Waals surface area contributed by atoms with Crippen LogP contribution < -0.4 is 9.80 Å². The molecule has 0 fully saturated rings. The summed E-state index contributed by atoms with van der Waals surface area (Å²) in [7, 11) is 0. The van der Waals surface area contributed by atoms with Gasteiger partial charge in [0.25, 0.3) is 0 Å². The van der Waals surface area contributed by atoms with E-state index in [-0.39, 0.29) is 6.04 Å². The van der Waals surface area contributed by atoms with Crippen LogP contribution in [0, 0.1) is 13.8 Å². The second-order valence-electron chi connectivity index (χ2n) is 14.3. The molecule has 10 rings (SSSR count). The van der Waals surface area contributed by atoms with E-state index in [1.165, 1.54) is 65.0 Å². The van der Waals surface area contributed by atoms with E-state index in [0.717, 1.165) is 40.8 Å². The summed E-state index contributed by atoms with van der Waals surface area (Å²) in [5, 5.41) is 12.3. The molecule has 53 heavy (non-hydrogen) atoms. The van der Waals surface area contributed by atoms with Gasteiger partial charge in [-0.1, -0.05) is 109 Å². The number of hydrogen-bond acceptors (Lipinski definition) is 4. The van der Waals surface area contributed by atoms with E-state index in [2.05, 4.69) is 176 Å². The standard InChI is InChI=1S/C49H38N4/c1-31-29-44(52(46-22-8-9-28-50-46)42-20-11-16-34-14-4-6-18-38(34)42)40-26-24-37-32(2)30-45(41-27-25-36(31)48(40)49(37)41)53(47-23-10-13-33(3)51-47)43-21-12-17-35-15-5-7-19-39(35)43/h4-12,14-30,33H,13H2,1-3H3. The molecule has 2 heterocycles. The maximum atomic E-state index is 5.27. The minimum atomic E-state index is 0.199. The molecule has 9 aromatic rings. The molecule has 8 aromatic carbocycles. The lowest BCUT2D eigenvalue weighted by Gasteiger charge is -2.31. The third kappa shape index (κ3) is 4.97. The third-order valence-corrected chi connectivity index (χ3v) is 11.0. The summed E-state index contributed by atoms with van der Waals surface area (Å²) in [5.41, 5.74) is 6.94. The smallest absolute Gasteiger partial charge is 0.137 e. The fourth-order valence-corrected chi connectivity index (χ4v) is 8.54. The molecule has 1 aliphatic heterocycles. The van der Waals surface area contributed by atoms with Crippen LogP contribution in [0.3, 0.4) is 0 Å². The van der Waals surface area contributed by atoms with Crippen molar-refractivity contribution in [3.63, 3.8) is 0 Å². The normalized spacial score (nSPS) is 14.5. The summed E-state index contributed by atoms with van der Waals surface area (Å²) in [6, 6.07) is 50.8. The van der Waals surface area contributed by atoms with Gasteiger partial charge in [0.15, 0.2) is 0 Å². The molecule has 4 nitrogen and oxygen atoms in total. The average Bonchev–Trinajstić information content (AvgIpc) is 3.19. The Morgan fingerprint density at radius 1 is 0.509 bits per heavy atom. The summed E-state index contributed by atoms with van der Waals surface area (Å²) in [6.07, 6.45) is 7.29. The summed E-state index contributed by atoms with van der Waals surface area (Å²) in [5.74, 6) is 1.84. The van der Waals surface area contributed by atoms with Crippen molar-refractivity contribution in [3.8, 4) is 0 Å². The maximum Gasteiger partial charge on any atom is 0.137 e. The molecule has 0 bridgehead atoms. The van der Waals surface area contributed by atoms with Crippen molar-refractivity contribution >= 4 is 88.3 Å². The van der Waals surface area contributed by atoms with Crippen LogP contribution in [-0.4, -0.2) is 16.9 Å². The fraction of sp³-hybridized carbons (Fsp3) is 0.102. The second-order valence-corrected chi connectivity index (χ2v) is 14.3. The van der Waals surface area contributed by atoms with Crippen LogP contribution in [0.4, 0.5) is 28.6 Å². The first-order chi connectivity index (χ1) is 26.0. The summed E-state index contributed by atoms with van der Waals surface area (Å²) >= 11 is 0. The molecule has 0 N–H and O–H groups in total. The number of aliphatic imine (C=N–C) groups is 1. The van der Waals surface area contributed by atoms with E-state index in [9.17, 15) is 0 Å². The highest BCUT2D eigenvalue weighted by Gasteiger charge is 2.26. The van der Waals surface area contributed by atoms with E-state index < -0.39 is 0 Å². The fourth-order valence-electron chi connectivity index (χ4n) is 8.54. The number of rotatable bonds is 5. The monoisotopic (exact) mass is 682 g/mol. The summed E-state index contributed by atoms with van der Waals surface area (Å²) in [4.78, 5) is 15.0. The maximum absolute atomic E-state index is 5.27. The Kier molecular flexibility index (Phi) is 7.26. The molecular formula is C49H38N4. The van der Waals surface area contributed by atoms with Crippen molar-refractivity contribution in [1.29, 1.82) is 0 Å². The minimum Gasteiger partial charge on any atom is -0.294 e. The first-order valence-corrected chi connectivity index (χ1v) is 18.5. The SMILES string of the molecule is Cc1cc(N(C2=NC(C)CC=C2)c2cccc3ccccc23)c2ccc3c(C)cc(N(c4ccccn4)c4cccc5ccccc45)c4ccc1c2c34. The van der Waals surface area contributed by atoms with Crippen molar-refractivity contribution < 1.29 is 0 Å². The first-order valence-electron chi connectivity index (χ1n) is 18.5. The Morgan fingerprint density at radius 2 is 1.04 bits per heavy atom. The number of fused-ring (bicyclic) bond motifs is 2. The highest BCUT2D eigenvalue weighted by Crippen LogP contribution is 2.49. The molecule has 1 aromatic heterocycles. The van der Waals surface area contributed by atoms with E-state index in [0.29, 0.717) is 0 Å². The van der Waals surface area contributed by atoms with Crippen molar-refractivity contribution in [2.24, 2.45) is 4.99 Å². The molecule has 1 unspecified atom stereocenters. The van der Waals surface area contributed by atoms with Gasteiger partial charge in [-0.05, 0) is 113 Å². The molecule has 0 saturated carbocycles. The number of aromatic nitrogens is 1. The van der Waals surface area contributed by atoms with Gasteiger partial charge >= 0.3 is 0 Å². The quantitative estimate of drug-likeness (QED) is 0.169. The highest BCUT2D eigenvalue weighted by molar-refractivity contribution is 6.31. The highest BCUT2D eigenvalue weighted by atomic mass is 15.2. The number of amidine groups is 1. The predicted molar refractivity (Wildman–Crippen MR) is 226 cm³/mol. The summed E-state index contributed by atoms with van der Waals surface area (Å²) < 4.78 is 0. The van der Waals surface area contributed by atoms with E-state index in [1.54, 1.807) is 0 Å². The molecule has 1 aliphatic rings. The molecule has 4 heteroatoms. The number of benzene rings is 8. The van der Waals surface area contributed by atoms with Crippen LogP contribution in [0.25, 0.3) is 53.9 Å². The Balaban J connectivity index is 1.30. The van der Waals surface area contributed by atoms with Crippen LogP contribution in [0.1, 0.15) is 24.5 Å². The molecule has 0 radical (unpaired) electrons. The number of nitrogens with zero attached hydrogens (tertiary/aromatic N) is 4. The van der Waals surface area contributed by atoms with E-state index >= 15 is 0 Å². The average molecular weight is 683 g/mol. The Bertz CT molecular complexity index is 2910. The molecule has 1 atom stereocenters. The van der Waals surface area contributed by atoms with Crippen molar-refractivity contribution in [1.82, 2.24) is 4.98 Å². The van der Waals surface area contributed by atoms with Gasteiger partial charge in [0.05, 0.1) is 28.8 Å². The first kappa shape index (κ1) is 31.2. The zero-order chi connectivity index (χ0) is 35.6. The van der Waals surface area contributed by atoms with Crippen molar-refractivity contribution in [3.05, 3.63) is 169 Å². The number of pyridine rings is 1. The van der Waals surface area contributed by atoms with Gasteiger partial charge in [0.1, 0.15) is 11.7 Å². The number of hydrogen-bond donors (Lipinski definition) is 0. The van der Waals surface area contributed by atoms with Gasteiger partial charge in [0.2, 0.25) is 0 Å². The number of anilines is 5. The Hall–Kier alpha value is -6.52. The van der Waals surface area contributed by atoms with E-state index in [1.807, 2.05) is 12.3 Å². The topological polar surface area (TPSA) is 31.7 Å². The number of dihydropyridines is 1. The lowest BCUT2D eigenvalue weighted by Crippen LogP contribution is -2.28. The second kappa shape index (κ2) is 12.3. The minimum absolute atomic E-state index is 0.199. The number of aryl methyl sites for hydroxylation is 2. The zero-order valence-corrected chi connectivity index (χ0v) is 30.1. The van der Waals surface area contributed by atoms with Gasteiger partial charge in [-0.25, -0.2) is 4.98 Å². The third-order valence-electron chi connectivity index (χ3n) is 11.0. The lowest BCUT2D eigenvalue weighted by molar-refractivity contribution is 0.750. The van der Waals surface area contributed by atoms with Gasteiger partial charge in [-0.2, -0.15) is 0 Å². The lowest BCUT2D eigenvalue weighted by atomic mass is 9.88. The molecule has 0 saturated heterocycles. The van der Waals surface area contributed by atoms with Gasteiger partial charge in [-0.3, -0.25) is 14.8 Å². The van der Waals surface area contributed by atoms with Crippen LogP contribution in [0.2, 0.25) is 0 Å². The predicted octanol–water partition coefficient (Wildman–Crippen LogP) is 13.3. The van der Waals surface area contributed by atoms with Crippen LogP contribution in [0.5, 0.6) is 0 Å². The summed E-state index contributed by atoms with van der Waals surface area (Å²) in [6.45, 7) is 6.70. The molecular weight excluding hydrogens is 645 g/mol. The van der Waals surface area contributed by atoms with Crippen LogP contribution >= 0.6 is 0 Å². The van der Waals surface area contributed by atoms with Gasteiger partial charge < -0.3 is 0 Å². The Labute approximate surface area is 309 Å². The molecule has 0 spiro atoms. The van der Waals surface area contributed by atoms with Gasteiger partial charge in [0, 0.05) is 27.7 Å². The van der Waals surface area contributed by atoms with E-state index in [4.69, 9.17) is 9.98 Å². The van der Waals surface area contributed by atoms with Crippen LogP contribution in [0.15, 0.2) is 163 Å². The molecule has 0 aliphatic carbocycles.